The molecule has 0 aliphatic carbocycles. The SMILES string of the molecule is C=C(CC)CC(N)C(=O)OCC. The van der Waals surface area contributed by atoms with Crippen molar-refractivity contribution in [1.29, 1.82) is 0 Å². The predicted octanol–water partition coefficient (Wildman–Crippen LogP) is 1.23. The molecule has 1 atom stereocenters. The zero-order valence-electron chi connectivity index (χ0n) is 7.80. The fourth-order valence-electron chi connectivity index (χ4n) is 0.788. The van der Waals surface area contributed by atoms with Crippen LogP contribution in [0.15, 0.2) is 12.2 Å². The lowest BCUT2D eigenvalue weighted by Gasteiger charge is -2.10. The van der Waals surface area contributed by atoms with Crippen molar-refractivity contribution in [3.8, 4) is 0 Å². The largest absolute Gasteiger partial charge is 0.465 e. The van der Waals surface area contributed by atoms with Crippen LogP contribution in [0.1, 0.15) is 26.7 Å². The van der Waals surface area contributed by atoms with E-state index in [4.69, 9.17) is 10.5 Å². The molecule has 0 radical (unpaired) electrons. The molecular weight excluding hydrogens is 154 g/mol. The zero-order valence-corrected chi connectivity index (χ0v) is 7.80. The third-order valence-corrected chi connectivity index (χ3v) is 1.60. The number of esters is 1. The second kappa shape index (κ2) is 5.77. The van der Waals surface area contributed by atoms with Crippen molar-refractivity contribution < 1.29 is 9.53 Å². The van der Waals surface area contributed by atoms with Gasteiger partial charge in [-0.2, -0.15) is 0 Å². The molecule has 3 heteroatoms. The van der Waals surface area contributed by atoms with E-state index in [0.29, 0.717) is 13.0 Å². The topological polar surface area (TPSA) is 52.3 Å². The third kappa shape index (κ3) is 4.13. The van der Waals surface area contributed by atoms with Gasteiger partial charge in [0.2, 0.25) is 0 Å². The standard InChI is InChI=1S/C9H17NO2/c1-4-7(3)6-8(10)9(11)12-5-2/h8H,3-6,10H2,1-2H3. The molecule has 0 saturated heterocycles. The molecule has 2 N–H and O–H groups in total. The average molecular weight is 171 g/mol. The van der Waals surface area contributed by atoms with Gasteiger partial charge in [0.15, 0.2) is 0 Å². The maximum Gasteiger partial charge on any atom is 0.323 e. The monoisotopic (exact) mass is 171 g/mol. The van der Waals surface area contributed by atoms with Gasteiger partial charge >= 0.3 is 5.97 Å². The minimum Gasteiger partial charge on any atom is -0.465 e. The molecule has 0 amide bonds. The molecular formula is C9H17NO2. The van der Waals surface area contributed by atoms with E-state index in [1.165, 1.54) is 0 Å². The molecule has 0 aliphatic heterocycles. The summed E-state index contributed by atoms with van der Waals surface area (Å²) in [7, 11) is 0. The Morgan fingerprint density at radius 1 is 1.58 bits per heavy atom. The van der Waals surface area contributed by atoms with Gasteiger partial charge in [0.05, 0.1) is 6.61 Å². The predicted molar refractivity (Wildman–Crippen MR) is 48.7 cm³/mol. The van der Waals surface area contributed by atoms with Crippen LogP contribution in [-0.2, 0) is 9.53 Å². The summed E-state index contributed by atoms with van der Waals surface area (Å²) in [6, 6.07) is -0.544. The van der Waals surface area contributed by atoms with Gasteiger partial charge in [0.1, 0.15) is 6.04 Å². The summed E-state index contributed by atoms with van der Waals surface area (Å²) >= 11 is 0. The smallest absolute Gasteiger partial charge is 0.323 e. The highest BCUT2D eigenvalue weighted by molar-refractivity contribution is 5.75. The van der Waals surface area contributed by atoms with Gasteiger partial charge in [-0.15, -0.1) is 0 Å². The fraction of sp³-hybridized carbons (Fsp3) is 0.667. The molecule has 12 heavy (non-hydrogen) atoms. The minimum atomic E-state index is -0.544. The van der Waals surface area contributed by atoms with Gasteiger partial charge < -0.3 is 10.5 Å². The number of carbonyl (C=O) groups is 1. The van der Waals surface area contributed by atoms with E-state index in [9.17, 15) is 4.79 Å². The summed E-state index contributed by atoms with van der Waals surface area (Å²) in [6.07, 6.45) is 1.38. The van der Waals surface area contributed by atoms with E-state index in [0.717, 1.165) is 12.0 Å². The van der Waals surface area contributed by atoms with Crippen LogP contribution < -0.4 is 5.73 Å². The van der Waals surface area contributed by atoms with Crippen molar-refractivity contribution in [3.63, 3.8) is 0 Å². The Hall–Kier alpha value is -0.830. The lowest BCUT2D eigenvalue weighted by Crippen LogP contribution is -2.32. The molecule has 0 aromatic rings. The summed E-state index contributed by atoms with van der Waals surface area (Å²) in [4.78, 5) is 11.0. The molecule has 70 valence electrons. The minimum absolute atomic E-state index is 0.341. The van der Waals surface area contributed by atoms with Crippen molar-refractivity contribution in [3.05, 3.63) is 12.2 Å². The van der Waals surface area contributed by atoms with E-state index in [-0.39, 0.29) is 5.97 Å². The van der Waals surface area contributed by atoms with Crippen LogP contribution in [0.5, 0.6) is 0 Å². The Kier molecular flexibility index (Phi) is 5.37. The molecule has 0 spiro atoms. The molecule has 0 fully saturated rings. The first-order valence-corrected chi connectivity index (χ1v) is 4.20. The number of ether oxygens (including phenoxy) is 1. The Morgan fingerprint density at radius 2 is 2.17 bits per heavy atom. The quantitative estimate of drug-likeness (QED) is 0.500. The molecule has 0 aliphatic rings. The molecule has 0 rings (SSSR count). The van der Waals surface area contributed by atoms with E-state index in [1.54, 1.807) is 6.92 Å². The first-order chi connectivity index (χ1) is 5.61. The fourth-order valence-corrected chi connectivity index (χ4v) is 0.788. The lowest BCUT2D eigenvalue weighted by atomic mass is 10.1. The number of rotatable bonds is 5. The molecule has 0 aromatic carbocycles. The Morgan fingerprint density at radius 3 is 2.58 bits per heavy atom. The number of hydrogen-bond acceptors (Lipinski definition) is 3. The van der Waals surface area contributed by atoms with Crippen molar-refractivity contribution in [1.82, 2.24) is 0 Å². The zero-order chi connectivity index (χ0) is 9.56. The van der Waals surface area contributed by atoms with Gasteiger partial charge in [-0.1, -0.05) is 19.1 Å². The van der Waals surface area contributed by atoms with Gasteiger partial charge in [0, 0.05) is 0 Å². The van der Waals surface area contributed by atoms with Crippen LogP contribution >= 0.6 is 0 Å². The number of nitrogens with two attached hydrogens (primary N) is 1. The van der Waals surface area contributed by atoms with Gasteiger partial charge in [-0.25, -0.2) is 0 Å². The summed E-state index contributed by atoms with van der Waals surface area (Å²) in [6.45, 7) is 7.90. The maximum absolute atomic E-state index is 11.0. The Bertz CT molecular complexity index is 166. The Balaban J connectivity index is 3.78. The van der Waals surface area contributed by atoms with Crippen LogP contribution in [0, 0.1) is 0 Å². The number of hydrogen-bond donors (Lipinski definition) is 1. The van der Waals surface area contributed by atoms with Gasteiger partial charge in [-0.3, -0.25) is 4.79 Å². The maximum atomic E-state index is 11.0. The highest BCUT2D eigenvalue weighted by Gasteiger charge is 2.14. The first kappa shape index (κ1) is 11.2. The summed E-state index contributed by atoms with van der Waals surface area (Å²) in [5.41, 5.74) is 6.53. The molecule has 0 bridgehead atoms. The molecule has 1 unspecified atom stereocenters. The highest BCUT2D eigenvalue weighted by Crippen LogP contribution is 2.06. The van der Waals surface area contributed by atoms with Crippen molar-refractivity contribution in [2.24, 2.45) is 5.73 Å². The summed E-state index contributed by atoms with van der Waals surface area (Å²) in [5.74, 6) is -0.341. The van der Waals surface area contributed by atoms with Crippen molar-refractivity contribution >= 4 is 5.97 Å². The van der Waals surface area contributed by atoms with Crippen LogP contribution in [0.25, 0.3) is 0 Å². The average Bonchev–Trinajstić information content (AvgIpc) is 2.04. The lowest BCUT2D eigenvalue weighted by molar-refractivity contribution is -0.144. The van der Waals surface area contributed by atoms with Crippen molar-refractivity contribution in [2.75, 3.05) is 6.61 Å². The van der Waals surface area contributed by atoms with Gasteiger partial charge in [-0.05, 0) is 19.8 Å². The molecule has 0 saturated carbocycles. The summed E-state index contributed by atoms with van der Waals surface area (Å²) in [5, 5.41) is 0. The van der Waals surface area contributed by atoms with Crippen molar-refractivity contribution in [2.45, 2.75) is 32.7 Å². The number of carbonyl (C=O) groups excluding carboxylic acids is 1. The second-order valence-corrected chi connectivity index (χ2v) is 2.67. The highest BCUT2D eigenvalue weighted by atomic mass is 16.5. The normalized spacial score (nSPS) is 12.2. The van der Waals surface area contributed by atoms with E-state index >= 15 is 0 Å². The van der Waals surface area contributed by atoms with E-state index in [2.05, 4.69) is 6.58 Å². The third-order valence-electron chi connectivity index (χ3n) is 1.60. The van der Waals surface area contributed by atoms with Crippen LogP contribution in [0.4, 0.5) is 0 Å². The molecule has 0 heterocycles. The van der Waals surface area contributed by atoms with Crippen LogP contribution in [0.2, 0.25) is 0 Å². The second-order valence-electron chi connectivity index (χ2n) is 2.67. The van der Waals surface area contributed by atoms with E-state index in [1.807, 2.05) is 6.92 Å². The van der Waals surface area contributed by atoms with E-state index < -0.39 is 6.04 Å². The Labute approximate surface area is 73.6 Å². The van der Waals surface area contributed by atoms with Gasteiger partial charge in [0.25, 0.3) is 0 Å². The van der Waals surface area contributed by atoms with Crippen LogP contribution in [-0.4, -0.2) is 18.6 Å². The van der Waals surface area contributed by atoms with Crippen LogP contribution in [0.3, 0.4) is 0 Å². The first-order valence-electron chi connectivity index (χ1n) is 4.20. The molecule has 0 aromatic heterocycles. The summed E-state index contributed by atoms with van der Waals surface area (Å²) < 4.78 is 4.74. The molecule has 3 nitrogen and oxygen atoms in total.